The van der Waals surface area contributed by atoms with Gasteiger partial charge in [-0.1, -0.05) is 66.7 Å². The molecule has 25 heavy (non-hydrogen) atoms. The number of aromatic nitrogens is 2. The summed E-state index contributed by atoms with van der Waals surface area (Å²) in [5.41, 5.74) is 2.41. The Morgan fingerprint density at radius 1 is 0.920 bits per heavy atom. The lowest BCUT2D eigenvalue weighted by atomic mass is 9.83. The van der Waals surface area contributed by atoms with Crippen molar-refractivity contribution in [3.8, 4) is 11.6 Å². The van der Waals surface area contributed by atoms with Crippen LogP contribution in [0.15, 0.2) is 77.9 Å². The van der Waals surface area contributed by atoms with Gasteiger partial charge in [-0.2, -0.15) is 0 Å². The minimum Gasteiger partial charge on any atom is -0.437 e. The summed E-state index contributed by atoms with van der Waals surface area (Å²) < 4.78 is 6.09. The van der Waals surface area contributed by atoms with Gasteiger partial charge in [0.15, 0.2) is 0 Å². The number of nitrogens with one attached hydrogen (secondary N) is 1. The van der Waals surface area contributed by atoms with Gasteiger partial charge in [-0.15, -0.1) is 0 Å². The van der Waals surface area contributed by atoms with Crippen LogP contribution in [-0.2, 0) is 0 Å². The average Bonchev–Trinajstić information content (AvgIpc) is 2.67. The highest BCUT2D eigenvalue weighted by Gasteiger charge is 2.33. The van der Waals surface area contributed by atoms with Crippen molar-refractivity contribution < 1.29 is 4.74 Å². The summed E-state index contributed by atoms with van der Waals surface area (Å²) >= 11 is 0. The van der Waals surface area contributed by atoms with E-state index in [2.05, 4.69) is 22.1 Å². The van der Waals surface area contributed by atoms with E-state index < -0.39 is 0 Å². The first-order chi connectivity index (χ1) is 12.3. The van der Waals surface area contributed by atoms with Crippen LogP contribution in [0.5, 0.6) is 11.6 Å². The molecule has 1 aliphatic heterocycles. The van der Waals surface area contributed by atoms with Gasteiger partial charge in [-0.05, 0) is 10.9 Å². The van der Waals surface area contributed by atoms with Crippen LogP contribution in [-0.4, -0.2) is 9.97 Å². The van der Waals surface area contributed by atoms with Gasteiger partial charge in [0.05, 0.1) is 11.9 Å². The van der Waals surface area contributed by atoms with E-state index in [-0.39, 0.29) is 11.5 Å². The van der Waals surface area contributed by atoms with E-state index in [1.165, 1.54) is 6.33 Å². The minimum atomic E-state index is -0.206. The molecule has 4 heteroatoms. The molecule has 0 fully saturated rings. The van der Waals surface area contributed by atoms with Crippen molar-refractivity contribution in [3.63, 3.8) is 0 Å². The predicted molar refractivity (Wildman–Crippen MR) is 96.3 cm³/mol. The Hall–Kier alpha value is -3.40. The fourth-order valence-electron chi connectivity index (χ4n) is 3.57. The molecule has 3 aromatic carbocycles. The fourth-order valence-corrected chi connectivity index (χ4v) is 3.57. The van der Waals surface area contributed by atoms with E-state index in [0.717, 1.165) is 27.6 Å². The molecule has 1 unspecified atom stereocenters. The van der Waals surface area contributed by atoms with Gasteiger partial charge >= 0.3 is 0 Å². The maximum Gasteiger partial charge on any atom is 0.258 e. The monoisotopic (exact) mass is 326 g/mol. The first kappa shape index (κ1) is 14.0. The molecule has 0 aliphatic carbocycles. The van der Waals surface area contributed by atoms with Gasteiger partial charge in [0.25, 0.3) is 5.56 Å². The summed E-state index contributed by atoms with van der Waals surface area (Å²) in [5.74, 6) is 0.945. The average molecular weight is 326 g/mol. The van der Waals surface area contributed by atoms with Crippen LogP contribution in [0.25, 0.3) is 10.8 Å². The highest BCUT2D eigenvalue weighted by molar-refractivity contribution is 5.91. The number of aromatic amines is 1. The lowest BCUT2D eigenvalue weighted by Crippen LogP contribution is -2.23. The molecule has 0 spiro atoms. The Morgan fingerprint density at radius 3 is 2.60 bits per heavy atom. The van der Waals surface area contributed by atoms with Gasteiger partial charge in [-0.25, -0.2) is 4.98 Å². The second kappa shape index (κ2) is 5.31. The van der Waals surface area contributed by atoms with E-state index in [1.54, 1.807) is 0 Å². The summed E-state index contributed by atoms with van der Waals surface area (Å²) in [5, 5.41) is 2.12. The van der Waals surface area contributed by atoms with E-state index >= 15 is 0 Å². The maximum absolute atomic E-state index is 12.5. The Morgan fingerprint density at radius 2 is 1.72 bits per heavy atom. The lowest BCUT2D eigenvalue weighted by Gasteiger charge is -2.27. The molecule has 1 N–H and O–H groups in total. The molecule has 1 aliphatic rings. The normalized spacial score (nSPS) is 15.3. The number of ether oxygens (including phenoxy) is 1. The van der Waals surface area contributed by atoms with E-state index in [1.807, 2.05) is 54.6 Å². The molecule has 0 radical (unpaired) electrons. The van der Waals surface area contributed by atoms with Gasteiger partial charge in [0.1, 0.15) is 5.75 Å². The fraction of sp³-hybridized carbons (Fsp3) is 0.0476. The van der Waals surface area contributed by atoms with Crippen LogP contribution < -0.4 is 10.3 Å². The second-order valence-electron chi connectivity index (χ2n) is 6.10. The Labute approximate surface area is 143 Å². The topological polar surface area (TPSA) is 55.0 Å². The van der Waals surface area contributed by atoms with Crippen molar-refractivity contribution in [1.82, 2.24) is 9.97 Å². The molecule has 1 atom stereocenters. The number of nitrogens with zero attached hydrogens (tertiary/aromatic N) is 1. The first-order valence-corrected chi connectivity index (χ1v) is 8.15. The summed E-state index contributed by atoms with van der Waals surface area (Å²) in [6, 6.07) is 22.2. The van der Waals surface area contributed by atoms with Gasteiger partial charge in [0, 0.05) is 16.9 Å². The highest BCUT2D eigenvalue weighted by Crippen LogP contribution is 2.47. The highest BCUT2D eigenvalue weighted by atomic mass is 16.5. The zero-order valence-electron chi connectivity index (χ0n) is 13.3. The number of benzene rings is 3. The molecule has 0 saturated carbocycles. The number of H-pyrrole nitrogens is 1. The third-order valence-corrected chi connectivity index (χ3v) is 4.69. The van der Waals surface area contributed by atoms with Crippen LogP contribution in [0, 0.1) is 0 Å². The molecule has 5 rings (SSSR count). The first-order valence-electron chi connectivity index (χ1n) is 8.15. The largest absolute Gasteiger partial charge is 0.437 e. The molecule has 1 aromatic heterocycles. The Kier molecular flexibility index (Phi) is 2.97. The molecular weight excluding hydrogens is 312 g/mol. The van der Waals surface area contributed by atoms with Crippen LogP contribution in [0.2, 0.25) is 0 Å². The summed E-state index contributed by atoms with van der Waals surface area (Å²) in [4.78, 5) is 19.5. The van der Waals surface area contributed by atoms with Crippen molar-refractivity contribution in [2.75, 3.05) is 0 Å². The van der Waals surface area contributed by atoms with Crippen molar-refractivity contribution in [1.29, 1.82) is 0 Å². The van der Waals surface area contributed by atoms with Crippen LogP contribution in [0.3, 0.4) is 0 Å². The third kappa shape index (κ3) is 2.08. The Bertz CT molecular complexity index is 1150. The van der Waals surface area contributed by atoms with Crippen LogP contribution in [0.1, 0.15) is 22.6 Å². The van der Waals surface area contributed by atoms with Gasteiger partial charge in [-0.3, -0.25) is 4.79 Å². The Balaban J connectivity index is 1.87. The van der Waals surface area contributed by atoms with E-state index in [0.29, 0.717) is 11.4 Å². The minimum absolute atomic E-state index is 0.169. The zero-order valence-corrected chi connectivity index (χ0v) is 13.3. The molecular formula is C21H14N2O2. The standard InChI is InChI=1S/C21H14N2O2/c24-20-18-17(14-7-2-1-3-8-14)16-11-10-13-6-4-5-9-15(13)19(16)25-21(18)23-12-22-20/h1-12,17H,(H,22,23,24). The molecule has 4 nitrogen and oxygen atoms in total. The van der Waals surface area contributed by atoms with Gasteiger partial charge < -0.3 is 9.72 Å². The molecule has 120 valence electrons. The maximum atomic E-state index is 12.5. The molecule has 4 aromatic rings. The third-order valence-electron chi connectivity index (χ3n) is 4.69. The van der Waals surface area contributed by atoms with Crippen LogP contribution in [0.4, 0.5) is 0 Å². The van der Waals surface area contributed by atoms with E-state index in [4.69, 9.17) is 4.74 Å². The predicted octanol–water partition coefficient (Wildman–Crippen LogP) is 4.21. The molecule has 0 saturated heterocycles. The van der Waals surface area contributed by atoms with Crippen LogP contribution >= 0.6 is 0 Å². The van der Waals surface area contributed by atoms with Crippen molar-refractivity contribution in [2.45, 2.75) is 5.92 Å². The number of fused-ring (bicyclic) bond motifs is 4. The summed E-state index contributed by atoms with van der Waals surface area (Å²) in [7, 11) is 0. The molecule has 0 bridgehead atoms. The summed E-state index contributed by atoms with van der Waals surface area (Å²) in [6.45, 7) is 0. The smallest absolute Gasteiger partial charge is 0.258 e. The number of hydrogen-bond donors (Lipinski definition) is 1. The summed E-state index contributed by atoms with van der Waals surface area (Å²) in [6.07, 6.45) is 1.39. The number of rotatable bonds is 1. The van der Waals surface area contributed by atoms with E-state index in [9.17, 15) is 4.79 Å². The van der Waals surface area contributed by atoms with Crippen molar-refractivity contribution in [2.24, 2.45) is 0 Å². The lowest BCUT2D eigenvalue weighted by molar-refractivity contribution is 0.435. The second-order valence-corrected chi connectivity index (χ2v) is 6.10. The molecule has 2 heterocycles. The van der Waals surface area contributed by atoms with Crippen molar-refractivity contribution >= 4 is 10.8 Å². The SMILES string of the molecule is O=c1[nH]cnc2c1C(c1ccccc1)c1ccc3ccccc3c1O2. The zero-order chi connectivity index (χ0) is 16.8. The number of hydrogen-bond acceptors (Lipinski definition) is 3. The molecule has 0 amide bonds. The van der Waals surface area contributed by atoms with Crippen molar-refractivity contribution in [3.05, 3.63) is 100 Å². The van der Waals surface area contributed by atoms with Gasteiger partial charge in [0.2, 0.25) is 5.88 Å². The quantitative estimate of drug-likeness (QED) is 0.502.